The van der Waals surface area contributed by atoms with Crippen LogP contribution >= 0.6 is 0 Å². The fraction of sp³-hybridized carbons (Fsp3) is 0.444. The van der Waals surface area contributed by atoms with Crippen LogP contribution in [0, 0.1) is 5.92 Å². The van der Waals surface area contributed by atoms with Crippen LogP contribution in [0.25, 0.3) is 6.20 Å². The predicted molar refractivity (Wildman–Crippen MR) is 48.5 cm³/mol. The Morgan fingerprint density at radius 1 is 1.83 bits per heavy atom. The van der Waals surface area contributed by atoms with E-state index in [2.05, 4.69) is 11.7 Å². The molecular formula is C9H13N3. The van der Waals surface area contributed by atoms with Crippen LogP contribution in [0.1, 0.15) is 17.9 Å². The van der Waals surface area contributed by atoms with E-state index in [1.165, 1.54) is 12.0 Å². The molecule has 0 amide bonds. The zero-order valence-corrected chi connectivity index (χ0v) is 6.98. The highest BCUT2D eigenvalue weighted by Crippen LogP contribution is 2.46. The lowest BCUT2D eigenvalue weighted by Crippen LogP contribution is -2.01. The minimum absolute atomic E-state index is 0.656. The molecule has 1 saturated carbocycles. The van der Waals surface area contributed by atoms with Gasteiger partial charge in [0.05, 0.1) is 6.20 Å². The van der Waals surface area contributed by atoms with E-state index in [0.29, 0.717) is 11.8 Å². The molecule has 0 aliphatic heterocycles. The lowest BCUT2D eigenvalue weighted by atomic mass is 10.2. The van der Waals surface area contributed by atoms with Gasteiger partial charge in [-0.25, -0.2) is 4.68 Å². The molecule has 2 atom stereocenters. The summed E-state index contributed by atoms with van der Waals surface area (Å²) in [5.74, 6) is 1.34. The summed E-state index contributed by atoms with van der Waals surface area (Å²) in [5, 5.41) is 4.12. The number of hydrogen-bond acceptors (Lipinski definition) is 2. The number of nitrogens with two attached hydrogens (primary N) is 1. The van der Waals surface area contributed by atoms with Crippen molar-refractivity contribution in [2.75, 3.05) is 6.54 Å². The zero-order chi connectivity index (χ0) is 8.55. The van der Waals surface area contributed by atoms with E-state index in [1.807, 2.05) is 12.4 Å². The van der Waals surface area contributed by atoms with E-state index in [1.54, 1.807) is 10.9 Å². The summed E-state index contributed by atoms with van der Waals surface area (Å²) in [6.07, 6.45) is 6.85. The maximum absolute atomic E-state index is 5.55. The van der Waals surface area contributed by atoms with E-state index in [9.17, 15) is 0 Å². The molecule has 12 heavy (non-hydrogen) atoms. The van der Waals surface area contributed by atoms with Crippen molar-refractivity contribution in [3.63, 3.8) is 0 Å². The lowest BCUT2D eigenvalue weighted by molar-refractivity contribution is 0.809. The second-order valence-electron chi connectivity index (χ2n) is 3.27. The van der Waals surface area contributed by atoms with Gasteiger partial charge in [-0.1, -0.05) is 6.58 Å². The van der Waals surface area contributed by atoms with Crippen molar-refractivity contribution >= 4 is 6.20 Å². The average molecular weight is 163 g/mol. The molecule has 2 N–H and O–H groups in total. The summed E-state index contributed by atoms with van der Waals surface area (Å²) in [6.45, 7) is 4.43. The SMILES string of the molecule is C=Cn1cc(C2CC2CN)cn1. The number of rotatable bonds is 3. The van der Waals surface area contributed by atoms with Crippen molar-refractivity contribution in [3.05, 3.63) is 24.5 Å². The average Bonchev–Trinajstić information content (AvgIpc) is 2.75. The molecule has 1 aliphatic carbocycles. The van der Waals surface area contributed by atoms with Gasteiger partial charge in [-0.05, 0) is 30.4 Å². The Morgan fingerprint density at radius 3 is 3.17 bits per heavy atom. The molecular weight excluding hydrogens is 150 g/mol. The number of aromatic nitrogens is 2. The first-order valence-corrected chi connectivity index (χ1v) is 4.22. The Labute approximate surface area is 71.9 Å². The van der Waals surface area contributed by atoms with Gasteiger partial charge in [0, 0.05) is 12.4 Å². The third-order valence-electron chi connectivity index (χ3n) is 2.46. The summed E-state index contributed by atoms with van der Waals surface area (Å²) < 4.78 is 1.74. The molecule has 1 aromatic rings. The van der Waals surface area contributed by atoms with E-state index >= 15 is 0 Å². The minimum Gasteiger partial charge on any atom is -0.330 e. The van der Waals surface area contributed by atoms with Crippen LogP contribution in [0.3, 0.4) is 0 Å². The van der Waals surface area contributed by atoms with Gasteiger partial charge in [-0.2, -0.15) is 5.10 Å². The van der Waals surface area contributed by atoms with Crippen molar-refractivity contribution in [1.29, 1.82) is 0 Å². The Morgan fingerprint density at radius 2 is 2.67 bits per heavy atom. The molecule has 3 heteroatoms. The standard InChI is InChI=1S/C9H13N3/c1-2-12-6-8(5-11-12)9-3-7(9)4-10/h2,5-7,9H,1,3-4,10H2. The molecule has 1 aromatic heterocycles. The van der Waals surface area contributed by atoms with Crippen molar-refractivity contribution in [2.45, 2.75) is 12.3 Å². The second-order valence-corrected chi connectivity index (χ2v) is 3.27. The first-order chi connectivity index (χ1) is 5.85. The van der Waals surface area contributed by atoms with Crippen molar-refractivity contribution in [3.8, 4) is 0 Å². The van der Waals surface area contributed by atoms with Gasteiger partial charge in [0.15, 0.2) is 0 Å². The molecule has 2 unspecified atom stereocenters. The van der Waals surface area contributed by atoms with Crippen molar-refractivity contribution < 1.29 is 0 Å². The third kappa shape index (κ3) is 1.16. The molecule has 1 heterocycles. The maximum atomic E-state index is 5.55. The van der Waals surface area contributed by atoms with Crippen LogP contribution in [-0.4, -0.2) is 16.3 Å². The van der Waals surface area contributed by atoms with Crippen molar-refractivity contribution in [2.24, 2.45) is 11.7 Å². The number of nitrogens with zero attached hydrogens (tertiary/aromatic N) is 2. The maximum Gasteiger partial charge on any atom is 0.0528 e. The molecule has 1 aliphatic rings. The highest BCUT2D eigenvalue weighted by molar-refractivity contribution is 5.25. The highest BCUT2D eigenvalue weighted by Gasteiger charge is 2.37. The second kappa shape index (κ2) is 2.75. The van der Waals surface area contributed by atoms with Crippen LogP contribution in [0.15, 0.2) is 19.0 Å². The van der Waals surface area contributed by atoms with Gasteiger partial charge in [0.2, 0.25) is 0 Å². The lowest BCUT2D eigenvalue weighted by Gasteiger charge is -1.90. The number of hydrogen-bond donors (Lipinski definition) is 1. The van der Waals surface area contributed by atoms with Gasteiger partial charge < -0.3 is 5.73 Å². The molecule has 0 spiro atoms. The van der Waals surface area contributed by atoms with E-state index in [-0.39, 0.29) is 0 Å². The summed E-state index contributed by atoms with van der Waals surface area (Å²) in [5.41, 5.74) is 6.85. The van der Waals surface area contributed by atoms with Crippen LogP contribution in [0.2, 0.25) is 0 Å². The molecule has 2 rings (SSSR count). The summed E-state index contributed by atoms with van der Waals surface area (Å²) in [4.78, 5) is 0. The van der Waals surface area contributed by atoms with E-state index in [0.717, 1.165) is 6.54 Å². The largest absolute Gasteiger partial charge is 0.330 e. The molecule has 1 fully saturated rings. The Balaban J connectivity index is 2.09. The quantitative estimate of drug-likeness (QED) is 0.723. The van der Waals surface area contributed by atoms with Gasteiger partial charge in [-0.3, -0.25) is 0 Å². The van der Waals surface area contributed by atoms with Crippen LogP contribution in [0.4, 0.5) is 0 Å². The minimum atomic E-state index is 0.656. The van der Waals surface area contributed by atoms with Gasteiger partial charge in [0.1, 0.15) is 0 Å². The van der Waals surface area contributed by atoms with Gasteiger partial charge in [0.25, 0.3) is 0 Å². The normalized spacial score (nSPS) is 27.1. The third-order valence-corrected chi connectivity index (χ3v) is 2.46. The fourth-order valence-electron chi connectivity index (χ4n) is 1.56. The van der Waals surface area contributed by atoms with Crippen LogP contribution in [-0.2, 0) is 0 Å². The highest BCUT2D eigenvalue weighted by atomic mass is 15.2. The van der Waals surface area contributed by atoms with Gasteiger partial charge in [-0.15, -0.1) is 0 Å². The summed E-state index contributed by atoms with van der Waals surface area (Å²) in [6, 6.07) is 0. The summed E-state index contributed by atoms with van der Waals surface area (Å²) >= 11 is 0. The predicted octanol–water partition coefficient (Wildman–Crippen LogP) is 1.05. The first kappa shape index (κ1) is 7.55. The monoisotopic (exact) mass is 163 g/mol. The molecule has 0 aromatic carbocycles. The molecule has 3 nitrogen and oxygen atoms in total. The van der Waals surface area contributed by atoms with E-state index in [4.69, 9.17) is 5.73 Å². The Bertz CT molecular complexity index is 290. The molecule has 0 radical (unpaired) electrons. The first-order valence-electron chi connectivity index (χ1n) is 4.22. The van der Waals surface area contributed by atoms with E-state index < -0.39 is 0 Å². The Kier molecular flexibility index (Phi) is 1.73. The fourth-order valence-corrected chi connectivity index (χ4v) is 1.56. The molecule has 0 saturated heterocycles. The smallest absolute Gasteiger partial charge is 0.0528 e. The summed E-state index contributed by atoms with van der Waals surface area (Å²) in [7, 11) is 0. The Hall–Kier alpha value is -1.09. The van der Waals surface area contributed by atoms with Crippen LogP contribution < -0.4 is 5.73 Å². The van der Waals surface area contributed by atoms with Crippen LogP contribution in [0.5, 0.6) is 0 Å². The van der Waals surface area contributed by atoms with Crippen molar-refractivity contribution in [1.82, 2.24) is 9.78 Å². The van der Waals surface area contributed by atoms with Gasteiger partial charge >= 0.3 is 0 Å². The molecule has 64 valence electrons. The topological polar surface area (TPSA) is 43.8 Å². The molecule has 0 bridgehead atoms. The zero-order valence-electron chi connectivity index (χ0n) is 6.98.